The third kappa shape index (κ3) is 2.87. The van der Waals surface area contributed by atoms with Gasteiger partial charge in [0, 0.05) is 31.6 Å². The summed E-state index contributed by atoms with van der Waals surface area (Å²) in [6.07, 6.45) is 0.867. The number of amides is 1. The molecule has 6 nitrogen and oxygen atoms in total. The van der Waals surface area contributed by atoms with Crippen molar-refractivity contribution in [1.82, 2.24) is 25.4 Å². The van der Waals surface area contributed by atoms with Gasteiger partial charge in [0.2, 0.25) is 0 Å². The predicted molar refractivity (Wildman–Crippen MR) is 83.7 cm³/mol. The first-order valence-corrected chi connectivity index (χ1v) is 7.66. The van der Waals surface area contributed by atoms with Crippen molar-refractivity contribution in [2.24, 2.45) is 0 Å². The maximum atomic E-state index is 12.4. The molecule has 1 atom stereocenters. The molecule has 2 N–H and O–H groups in total. The first-order valence-electron chi connectivity index (χ1n) is 7.66. The summed E-state index contributed by atoms with van der Waals surface area (Å²) in [4.78, 5) is 12.4. The Balaban J connectivity index is 1.78. The van der Waals surface area contributed by atoms with Crippen LogP contribution >= 0.6 is 0 Å². The van der Waals surface area contributed by atoms with Crippen LogP contribution in [0.5, 0.6) is 0 Å². The molecule has 1 aromatic carbocycles. The fraction of sp³-hybridized carbons (Fsp3) is 0.438. The van der Waals surface area contributed by atoms with Crippen LogP contribution < -0.4 is 10.6 Å². The molecule has 1 aromatic heterocycles. The molecule has 1 aliphatic rings. The van der Waals surface area contributed by atoms with Crippen molar-refractivity contribution >= 4 is 5.91 Å². The van der Waals surface area contributed by atoms with Crippen molar-refractivity contribution in [3.8, 4) is 0 Å². The van der Waals surface area contributed by atoms with E-state index in [0.29, 0.717) is 5.56 Å². The molecule has 3 rings (SSSR count). The molecule has 0 fully saturated rings. The van der Waals surface area contributed by atoms with Gasteiger partial charge < -0.3 is 15.2 Å². The van der Waals surface area contributed by atoms with E-state index < -0.39 is 0 Å². The average Bonchev–Trinajstić information content (AvgIpc) is 2.77. The molecule has 0 saturated carbocycles. The molecule has 0 radical (unpaired) electrons. The largest absolute Gasteiger partial charge is 0.342 e. The molecule has 1 unspecified atom stereocenters. The molecule has 1 aliphatic heterocycles. The van der Waals surface area contributed by atoms with E-state index in [1.807, 2.05) is 38.1 Å². The van der Waals surface area contributed by atoms with E-state index in [1.54, 1.807) is 0 Å². The molecule has 0 saturated heterocycles. The number of hydrogen-bond donors (Lipinski definition) is 2. The highest BCUT2D eigenvalue weighted by molar-refractivity contribution is 5.95. The monoisotopic (exact) mass is 299 g/mol. The lowest BCUT2D eigenvalue weighted by molar-refractivity contribution is 0.0937. The number of benzene rings is 1. The highest BCUT2D eigenvalue weighted by Crippen LogP contribution is 2.15. The number of rotatable bonds is 3. The second-order valence-corrected chi connectivity index (χ2v) is 5.64. The van der Waals surface area contributed by atoms with Crippen molar-refractivity contribution < 1.29 is 4.79 Å². The molecule has 0 spiro atoms. The summed E-state index contributed by atoms with van der Waals surface area (Å²) in [5, 5.41) is 14.9. The number of carbonyl (C=O) groups is 1. The lowest BCUT2D eigenvalue weighted by atomic mass is 10.1. The summed E-state index contributed by atoms with van der Waals surface area (Å²) in [5.74, 6) is 1.73. The molecular weight excluding hydrogens is 278 g/mol. The highest BCUT2D eigenvalue weighted by atomic mass is 16.1. The van der Waals surface area contributed by atoms with Gasteiger partial charge in [-0.05, 0) is 25.5 Å². The van der Waals surface area contributed by atoms with Crippen LogP contribution in [-0.2, 0) is 13.0 Å². The van der Waals surface area contributed by atoms with Crippen LogP contribution in [0, 0.1) is 6.92 Å². The summed E-state index contributed by atoms with van der Waals surface area (Å²) in [6, 6.07) is 7.41. The SMILES string of the molecule is Cc1ccccc1C(=O)NC(C)c1nnc2n1CCNCC2. The van der Waals surface area contributed by atoms with Gasteiger partial charge in [-0.25, -0.2) is 0 Å². The summed E-state index contributed by atoms with van der Waals surface area (Å²) >= 11 is 0. The zero-order valence-corrected chi connectivity index (χ0v) is 13.0. The molecule has 116 valence electrons. The zero-order chi connectivity index (χ0) is 15.5. The molecule has 6 heteroatoms. The Kier molecular flexibility index (Phi) is 4.20. The first kappa shape index (κ1) is 14.7. The van der Waals surface area contributed by atoms with Crippen LogP contribution in [0.3, 0.4) is 0 Å². The molecular formula is C16H21N5O. The smallest absolute Gasteiger partial charge is 0.252 e. The van der Waals surface area contributed by atoms with Gasteiger partial charge in [0.15, 0.2) is 5.82 Å². The molecule has 2 aromatic rings. The average molecular weight is 299 g/mol. The fourth-order valence-electron chi connectivity index (χ4n) is 2.78. The summed E-state index contributed by atoms with van der Waals surface area (Å²) < 4.78 is 2.11. The number of nitrogens with one attached hydrogen (secondary N) is 2. The van der Waals surface area contributed by atoms with E-state index in [2.05, 4.69) is 25.4 Å². The van der Waals surface area contributed by atoms with E-state index in [4.69, 9.17) is 0 Å². The van der Waals surface area contributed by atoms with E-state index >= 15 is 0 Å². The maximum absolute atomic E-state index is 12.4. The van der Waals surface area contributed by atoms with E-state index in [0.717, 1.165) is 43.3 Å². The van der Waals surface area contributed by atoms with Crippen LogP contribution in [0.2, 0.25) is 0 Å². The van der Waals surface area contributed by atoms with Gasteiger partial charge in [-0.3, -0.25) is 4.79 Å². The van der Waals surface area contributed by atoms with Gasteiger partial charge in [0.25, 0.3) is 5.91 Å². The normalized spacial score (nSPS) is 15.7. The fourth-order valence-corrected chi connectivity index (χ4v) is 2.78. The van der Waals surface area contributed by atoms with Crippen LogP contribution in [0.15, 0.2) is 24.3 Å². The van der Waals surface area contributed by atoms with Crippen LogP contribution in [0.1, 0.15) is 40.5 Å². The number of nitrogens with zero attached hydrogens (tertiary/aromatic N) is 3. The first-order chi connectivity index (χ1) is 10.7. The maximum Gasteiger partial charge on any atom is 0.252 e. The summed E-state index contributed by atoms with van der Waals surface area (Å²) in [5.41, 5.74) is 1.67. The van der Waals surface area contributed by atoms with Crippen molar-refractivity contribution in [1.29, 1.82) is 0 Å². The van der Waals surface area contributed by atoms with Crippen LogP contribution in [0.25, 0.3) is 0 Å². The Morgan fingerprint density at radius 3 is 2.95 bits per heavy atom. The summed E-state index contributed by atoms with van der Waals surface area (Å²) in [6.45, 7) is 6.54. The minimum atomic E-state index is -0.175. The van der Waals surface area contributed by atoms with Gasteiger partial charge in [-0.2, -0.15) is 0 Å². The Hall–Kier alpha value is -2.21. The topological polar surface area (TPSA) is 71.8 Å². The molecule has 0 aliphatic carbocycles. The van der Waals surface area contributed by atoms with Gasteiger partial charge >= 0.3 is 0 Å². The number of aromatic nitrogens is 3. The van der Waals surface area contributed by atoms with Gasteiger partial charge in [0.05, 0.1) is 6.04 Å². The third-order valence-corrected chi connectivity index (χ3v) is 4.02. The van der Waals surface area contributed by atoms with Crippen molar-refractivity contribution in [3.05, 3.63) is 47.0 Å². The van der Waals surface area contributed by atoms with Crippen molar-refractivity contribution in [2.45, 2.75) is 32.9 Å². The minimum absolute atomic E-state index is 0.0744. The van der Waals surface area contributed by atoms with Gasteiger partial charge in [-0.1, -0.05) is 18.2 Å². The molecule has 2 heterocycles. The Labute approximate surface area is 129 Å². The second-order valence-electron chi connectivity index (χ2n) is 5.64. The molecule has 1 amide bonds. The van der Waals surface area contributed by atoms with Crippen molar-refractivity contribution in [3.63, 3.8) is 0 Å². The minimum Gasteiger partial charge on any atom is -0.342 e. The van der Waals surface area contributed by atoms with E-state index in [1.165, 1.54) is 0 Å². The third-order valence-electron chi connectivity index (χ3n) is 4.02. The van der Waals surface area contributed by atoms with E-state index in [9.17, 15) is 4.79 Å². The Morgan fingerprint density at radius 1 is 1.32 bits per heavy atom. The standard InChI is InChI=1S/C16H21N5O/c1-11-5-3-4-6-13(11)16(22)18-12(2)15-20-19-14-7-8-17-9-10-21(14)15/h3-6,12,17H,7-10H2,1-2H3,(H,18,22). The van der Waals surface area contributed by atoms with Gasteiger partial charge in [0.1, 0.15) is 5.82 Å². The predicted octanol–water partition coefficient (Wildman–Crippen LogP) is 1.22. The quantitative estimate of drug-likeness (QED) is 0.894. The number of aryl methyl sites for hydroxylation is 1. The summed E-state index contributed by atoms with van der Waals surface area (Å²) in [7, 11) is 0. The second kappa shape index (κ2) is 6.27. The highest BCUT2D eigenvalue weighted by Gasteiger charge is 2.21. The van der Waals surface area contributed by atoms with Gasteiger partial charge in [-0.15, -0.1) is 10.2 Å². The van der Waals surface area contributed by atoms with Crippen LogP contribution in [-0.4, -0.2) is 33.8 Å². The van der Waals surface area contributed by atoms with Crippen molar-refractivity contribution in [2.75, 3.05) is 13.1 Å². The number of hydrogen-bond acceptors (Lipinski definition) is 4. The molecule has 22 heavy (non-hydrogen) atoms. The number of carbonyl (C=O) groups excluding carboxylic acids is 1. The lowest BCUT2D eigenvalue weighted by Gasteiger charge is -2.16. The Bertz CT molecular complexity index is 679. The van der Waals surface area contributed by atoms with E-state index in [-0.39, 0.29) is 11.9 Å². The molecule has 0 bridgehead atoms. The van der Waals surface area contributed by atoms with Crippen LogP contribution in [0.4, 0.5) is 0 Å². The zero-order valence-electron chi connectivity index (χ0n) is 13.0. The Morgan fingerprint density at radius 2 is 2.14 bits per heavy atom. The lowest BCUT2D eigenvalue weighted by Crippen LogP contribution is -2.30. The number of fused-ring (bicyclic) bond motifs is 1.